The van der Waals surface area contributed by atoms with Crippen LogP contribution in [0.5, 0.6) is 0 Å². The SMILES string of the molecule is Cc1nn(C(C)C)c(C)c1CC(=O)NCC#CCNC(=O)Cc1c(C)nn(C(C)C)c1C. The number of carbonyl (C=O) groups excluding carboxylic acids is 2. The number of hydrogen-bond donors (Lipinski definition) is 2. The van der Waals surface area contributed by atoms with Crippen LogP contribution in [0.2, 0.25) is 0 Å². The molecule has 2 aromatic heterocycles. The third-order valence-electron chi connectivity index (χ3n) is 5.48. The second kappa shape index (κ2) is 11.0. The van der Waals surface area contributed by atoms with Gasteiger partial charge >= 0.3 is 0 Å². The summed E-state index contributed by atoms with van der Waals surface area (Å²) in [7, 11) is 0. The van der Waals surface area contributed by atoms with E-state index in [1.165, 1.54) is 0 Å². The molecule has 0 aliphatic rings. The summed E-state index contributed by atoms with van der Waals surface area (Å²) < 4.78 is 3.88. The summed E-state index contributed by atoms with van der Waals surface area (Å²) in [6.07, 6.45) is 0.567. The molecule has 8 nitrogen and oxygen atoms in total. The normalized spacial score (nSPS) is 10.9. The molecular formula is C24H36N6O2. The van der Waals surface area contributed by atoms with Crippen molar-refractivity contribution in [2.75, 3.05) is 13.1 Å². The third kappa shape index (κ3) is 6.22. The van der Waals surface area contributed by atoms with Crippen LogP contribution in [0.15, 0.2) is 0 Å². The fourth-order valence-electron chi connectivity index (χ4n) is 3.77. The predicted molar refractivity (Wildman–Crippen MR) is 125 cm³/mol. The molecule has 0 fully saturated rings. The lowest BCUT2D eigenvalue weighted by Crippen LogP contribution is -2.27. The quantitative estimate of drug-likeness (QED) is 0.617. The Morgan fingerprint density at radius 3 is 1.38 bits per heavy atom. The van der Waals surface area contributed by atoms with Gasteiger partial charge in [-0.1, -0.05) is 11.8 Å². The van der Waals surface area contributed by atoms with Crippen LogP contribution in [0, 0.1) is 39.5 Å². The highest BCUT2D eigenvalue weighted by Gasteiger charge is 2.17. The van der Waals surface area contributed by atoms with Gasteiger partial charge in [0.2, 0.25) is 11.8 Å². The van der Waals surface area contributed by atoms with Gasteiger partial charge in [0.05, 0.1) is 37.3 Å². The molecule has 0 spiro atoms. The molecule has 0 unspecified atom stereocenters. The van der Waals surface area contributed by atoms with E-state index < -0.39 is 0 Å². The van der Waals surface area contributed by atoms with Gasteiger partial charge in [0.15, 0.2) is 0 Å². The number of nitrogens with zero attached hydrogens (tertiary/aromatic N) is 4. The predicted octanol–water partition coefficient (Wildman–Crippen LogP) is 2.50. The first-order valence-corrected chi connectivity index (χ1v) is 11.1. The molecule has 2 rings (SSSR count). The van der Waals surface area contributed by atoms with E-state index in [4.69, 9.17) is 0 Å². The molecule has 2 heterocycles. The Hall–Kier alpha value is -3.08. The van der Waals surface area contributed by atoms with Gasteiger partial charge in [-0.05, 0) is 55.4 Å². The minimum atomic E-state index is -0.0917. The summed E-state index contributed by atoms with van der Waals surface area (Å²) in [5.74, 6) is 5.58. The molecule has 0 saturated carbocycles. The number of aryl methyl sites for hydroxylation is 2. The molecule has 0 aliphatic carbocycles. The zero-order valence-electron chi connectivity index (χ0n) is 20.6. The van der Waals surface area contributed by atoms with Crippen LogP contribution in [0.3, 0.4) is 0 Å². The smallest absolute Gasteiger partial charge is 0.225 e. The number of rotatable bonds is 8. The summed E-state index contributed by atoms with van der Waals surface area (Å²) in [4.78, 5) is 24.5. The minimum absolute atomic E-state index is 0.0917. The summed E-state index contributed by atoms with van der Waals surface area (Å²) in [5.41, 5.74) is 5.72. The first-order chi connectivity index (χ1) is 15.0. The monoisotopic (exact) mass is 440 g/mol. The van der Waals surface area contributed by atoms with Crippen molar-refractivity contribution in [2.45, 2.75) is 80.3 Å². The summed E-state index contributed by atoms with van der Waals surface area (Å²) in [5, 5.41) is 14.6. The van der Waals surface area contributed by atoms with Crippen molar-refractivity contribution in [3.63, 3.8) is 0 Å². The average Bonchev–Trinajstić information content (AvgIpc) is 3.15. The highest BCUT2D eigenvalue weighted by atomic mass is 16.2. The number of hydrogen-bond acceptors (Lipinski definition) is 4. The number of aromatic nitrogens is 4. The van der Waals surface area contributed by atoms with Gasteiger partial charge in [-0.2, -0.15) is 10.2 Å². The summed E-state index contributed by atoms with van der Waals surface area (Å²) in [6, 6.07) is 0.511. The Morgan fingerprint density at radius 2 is 1.09 bits per heavy atom. The van der Waals surface area contributed by atoms with Crippen LogP contribution >= 0.6 is 0 Å². The number of nitrogens with one attached hydrogen (secondary N) is 2. The van der Waals surface area contributed by atoms with Crippen molar-refractivity contribution in [1.29, 1.82) is 0 Å². The maximum atomic E-state index is 12.3. The molecule has 174 valence electrons. The zero-order chi connectivity index (χ0) is 24.0. The van der Waals surface area contributed by atoms with Crippen LogP contribution in [-0.2, 0) is 22.4 Å². The highest BCUT2D eigenvalue weighted by Crippen LogP contribution is 2.18. The topological polar surface area (TPSA) is 93.8 Å². The average molecular weight is 441 g/mol. The van der Waals surface area contributed by atoms with Gasteiger partial charge in [0, 0.05) is 34.6 Å². The van der Waals surface area contributed by atoms with Crippen molar-refractivity contribution in [3.8, 4) is 11.8 Å². The van der Waals surface area contributed by atoms with Crippen molar-refractivity contribution < 1.29 is 9.59 Å². The lowest BCUT2D eigenvalue weighted by atomic mass is 10.1. The van der Waals surface area contributed by atoms with E-state index in [0.29, 0.717) is 0 Å². The van der Waals surface area contributed by atoms with Gasteiger partial charge in [-0.3, -0.25) is 19.0 Å². The second-order valence-corrected chi connectivity index (χ2v) is 8.64. The first kappa shape index (κ1) is 25.2. The molecule has 0 atom stereocenters. The molecule has 0 radical (unpaired) electrons. The van der Waals surface area contributed by atoms with E-state index in [-0.39, 0.29) is 49.8 Å². The fourth-order valence-corrected chi connectivity index (χ4v) is 3.77. The lowest BCUT2D eigenvalue weighted by Gasteiger charge is -2.08. The van der Waals surface area contributed by atoms with Crippen molar-refractivity contribution >= 4 is 11.8 Å². The summed E-state index contributed by atoms with van der Waals surface area (Å²) in [6.45, 7) is 16.6. The molecular weight excluding hydrogens is 404 g/mol. The molecule has 2 aromatic rings. The minimum Gasteiger partial charge on any atom is -0.345 e. The van der Waals surface area contributed by atoms with Crippen molar-refractivity contribution in [2.24, 2.45) is 0 Å². The van der Waals surface area contributed by atoms with Gasteiger partial charge in [-0.25, -0.2) is 0 Å². The van der Waals surface area contributed by atoms with Crippen LogP contribution in [0.25, 0.3) is 0 Å². The highest BCUT2D eigenvalue weighted by molar-refractivity contribution is 5.80. The summed E-state index contributed by atoms with van der Waals surface area (Å²) >= 11 is 0. The molecule has 2 N–H and O–H groups in total. The van der Waals surface area contributed by atoms with E-state index in [1.807, 2.05) is 37.1 Å². The van der Waals surface area contributed by atoms with Gasteiger partial charge in [-0.15, -0.1) is 0 Å². The van der Waals surface area contributed by atoms with E-state index in [9.17, 15) is 9.59 Å². The second-order valence-electron chi connectivity index (χ2n) is 8.64. The molecule has 0 bridgehead atoms. The molecule has 8 heteroatoms. The van der Waals surface area contributed by atoms with Crippen molar-refractivity contribution in [3.05, 3.63) is 33.9 Å². The van der Waals surface area contributed by atoms with E-state index >= 15 is 0 Å². The van der Waals surface area contributed by atoms with Crippen molar-refractivity contribution in [1.82, 2.24) is 30.2 Å². The Labute approximate surface area is 191 Å². The number of carbonyl (C=O) groups is 2. The Kier molecular flexibility index (Phi) is 8.64. The Morgan fingerprint density at radius 1 is 0.750 bits per heavy atom. The Balaban J connectivity index is 1.77. The standard InChI is InChI=1S/C24H36N6O2/c1-15(2)29-19(7)21(17(5)27-29)13-23(31)25-11-9-10-12-26-24(32)14-22-18(6)28-30(16(3)4)20(22)8/h15-16H,11-14H2,1-8H3,(H,25,31)(H,26,32). The lowest BCUT2D eigenvalue weighted by molar-refractivity contribution is -0.121. The molecule has 32 heavy (non-hydrogen) atoms. The van der Waals surface area contributed by atoms with E-state index in [1.54, 1.807) is 0 Å². The van der Waals surface area contributed by atoms with Gasteiger partial charge < -0.3 is 10.6 Å². The Bertz CT molecular complexity index is 953. The number of amides is 2. The van der Waals surface area contributed by atoms with Gasteiger partial charge in [0.25, 0.3) is 0 Å². The molecule has 2 amide bonds. The van der Waals surface area contributed by atoms with E-state index in [0.717, 1.165) is 33.9 Å². The van der Waals surface area contributed by atoms with Crippen LogP contribution in [0.1, 0.15) is 73.7 Å². The van der Waals surface area contributed by atoms with Crippen LogP contribution < -0.4 is 10.6 Å². The van der Waals surface area contributed by atoms with Crippen LogP contribution in [-0.4, -0.2) is 44.5 Å². The molecule has 0 aromatic carbocycles. The molecule has 0 aliphatic heterocycles. The van der Waals surface area contributed by atoms with Crippen LogP contribution in [0.4, 0.5) is 0 Å². The fraction of sp³-hybridized carbons (Fsp3) is 0.583. The van der Waals surface area contributed by atoms with Gasteiger partial charge in [0.1, 0.15) is 0 Å². The first-order valence-electron chi connectivity index (χ1n) is 11.1. The van der Waals surface area contributed by atoms with E-state index in [2.05, 4.69) is 60.4 Å². The molecule has 0 saturated heterocycles. The largest absolute Gasteiger partial charge is 0.345 e. The zero-order valence-corrected chi connectivity index (χ0v) is 20.6. The third-order valence-corrected chi connectivity index (χ3v) is 5.48. The maximum Gasteiger partial charge on any atom is 0.225 e. The maximum absolute atomic E-state index is 12.3.